The van der Waals surface area contributed by atoms with Crippen LogP contribution in [0.2, 0.25) is 10.0 Å². The highest BCUT2D eigenvalue weighted by Gasteiger charge is 2.24. The third-order valence-electron chi connectivity index (χ3n) is 5.14. The first kappa shape index (κ1) is 24.2. The molecule has 0 aliphatic carbocycles. The minimum Gasteiger partial charge on any atom is -0.616 e. The molecule has 2 heterocycles. The molecule has 2 aromatic carbocycles. The second-order valence-corrected chi connectivity index (χ2v) is 8.44. The standard InChI is InChI=1S/C12H11Cl2NO.C12H12ClNO2/c1-7-4-3-5-9(14)11(7)12-15-10(6-13)8(2)16-12;1-7-5-4-6-10(13)11(7)12-14(15)8(2)9(3)16-12/h3-5H,6H2,1-2H3;4-6H,1-3H3. The molecule has 0 bridgehead atoms. The summed E-state index contributed by atoms with van der Waals surface area (Å²) in [7, 11) is 0. The van der Waals surface area contributed by atoms with E-state index in [1.807, 2.05) is 51.1 Å². The van der Waals surface area contributed by atoms with E-state index in [1.54, 1.807) is 19.9 Å². The summed E-state index contributed by atoms with van der Waals surface area (Å²) in [5.41, 5.74) is 4.78. The zero-order valence-corrected chi connectivity index (χ0v) is 20.7. The molecule has 168 valence electrons. The highest BCUT2D eigenvalue weighted by atomic mass is 35.5. The average Bonchev–Trinajstić information content (AvgIpc) is 3.23. The smallest absolute Gasteiger partial charge is 0.394 e. The van der Waals surface area contributed by atoms with Gasteiger partial charge in [-0.3, -0.25) is 0 Å². The van der Waals surface area contributed by atoms with Crippen LogP contribution in [0.1, 0.15) is 34.0 Å². The van der Waals surface area contributed by atoms with Crippen molar-refractivity contribution < 1.29 is 13.6 Å². The van der Waals surface area contributed by atoms with Gasteiger partial charge in [0.1, 0.15) is 11.3 Å². The third-order valence-corrected chi connectivity index (χ3v) is 6.02. The van der Waals surface area contributed by atoms with E-state index < -0.39 is 0 Å². The first-order valence-corrected chi connectivity index (χ1v) is 11.2. The lowest BCUT2D eigenvalue weighted by Gasteiger charge is -2.03. The van der Waals surface area contributed by atoms with E-state index in [4.69, 9.17) is 43.6 Å². The Bertz CT molecular complexity index is 1220. The number of aryl methyl sites for hydroxylation is 4. The lowest BCUT2D eigenvalue weighted by molar-refractivity contribution is -0.602. The van der Waals surface area contributed by atoms with Crippen LogP contribution >= 0.6 is 34.8 Å². The van der Waals surface area contributed by atoms with Crippen LogP contribution in [-0.4, -0.2) is 4.98 Å². The van der Waals surface area contributed by atoms with Gasteiger partial charge in [0, 0.05) is 13.8 Å². The number of nitrogens with zero attached hydrogens (tertiary/aromatic N) is 2. The highest BCUT2D eigenvalue weighted by Crippen LogP contribution is 2.32. The van der Waals surface area contributed by atoms with Gasteiger partial charge < -0.3 is 14.0 Å². The number of hydrogen-bond donors (Lipinski definition) is 0. The normalized spacial score (nSPS) is 10.8. The summed E-state index contributed by atoms with van der Waals surface area (Å²) < 4.78 is 11.8. The van der Waals surface area contributed by atoms with Crippen LogP contribution in [0, 0.1) is 39.8 Å². The second kappa shape index (κ2) is 9.99. The Morgan fingerprint density at radius 1 is 0.844 bits per heavy atom. The summed E-state index contributed by atoms with van der Waals surface area (Å²) in [6, 6.07) is 11.2. The number of benzene rings is 2. The van der Waals surface area contributed by atoms with Gasteiger partial charge in [-0.15, -0.1) is 16.3 Å². The second-order valence-electron chi connectivity index (χ2n) is 7.36. The Labute approximate surface area is 202 Å². The first-order chi connectivity index (χ1) is 15.1. The van der Waals surface area contributed by atoms with E-state index in [9.17, 15) is 5.21 Å². The molecule has 0 aliphatic rings. The minimum atomic E-state index is 0.262. The maximum absolute atomic E-state index is 11.9. The van der Waals surface area contributed by atoms with Gasteiger partial charge >= 0.3 is 5.89 Å². The van der Waals surface area contributed by atoms with Crippen LogP contribution in [0.25, 0.3) is 22.9 Å². The van der Waals surface area contributed by atoms with Crippen molar-refractivity contribution in [2.75, 3.05) is 0 Å². The Morgan fingerprint density at radius 3 is 1.84 bits per heavy atom. The molecule has 4 rings (SSSR count). The fourth-order valence-corrected chi connectivity index (χ4v) is 4.03. The first-order valence-electron chi connectivity index (χ1n) is 9.88. The molecule has 0 radical (unpaired) electrons. The fourth-order valence-electron chi connectivity index (χ4n) is 3.17. The zero-order valence-electron chi connectivity index (χ0n) is 18.4. The Kier molecular flexibility index (Phi) is 7.55. The quantitative estimate of drug-likeness (QED) is 0.168. The predicted octanol–water partition coefficient (Wildman–Crippen LogP) is 7.51. The van der Waals surface area contributed by atoms with Gasteiger partial charge in [-0.25, -0.2) is 4.98 Å². The van der Waals surface area contributed by atoms with Crippen LogP contribution in [0.15, 0.2) is 45.2 Å². The SMILES string of the molecule is Cc1cccc(Cl)c1-c1nc(CCl)c(C)o1.Cc1cccc(Cl)c1-c1oc(C)c(C)[n+]1[O-]. The molecule has 0 amide bonds. The van der Waals surface area contributed by atoms with Gasteiger partial charge in [-0.2, -0.15) is 0 Å². The summed E-state index contributed by atoms with van der Waals surface area (Å²) in [6.45, 7) is 9.21. The van der Waals surface area contributed by atoms with Crippen molar-refractivity contribution in [2.45, 2.75) is 40.5 Å². The molecule has 32 heavy (non-hydrogen) atoms. The number of halogens is 3. The number of rotatable bonds is 3. The van der Waals surface area contributed by atoms with E-state index >= 15 is 0 Å². The number of hydrogen-bond acceptors (Lipinski definition) is 4. The molecule has 0 unspecified atom stereocenters. The van der Waals surface area contributed by atoms with Gasteiger partial charge in [-0.05, 0) is 44.0 Å². The van der Waals surface area contributed by atoms with Crippen LogP contribution < -0.4 is 4.73 Å². The number of alkyl halides is 1. The van der Waals surface area contributed by atoms with Crippen LogP contribution in [0.3, 0.4) is 0 Å². The Balaban J connectivity index is 0.000000181. The van der Waals surface area contributed by atoms with E-state index in [0.717, 1.165) is 32.9 Å². The highest BCUT2D eigenvalue weighted by molar-refractivity contribution is 6.33. The predicted molar refractivity (Wildman–Crippen MR) is 128 cm³/mol. The lowest BCUT2D eigenvalue weighted by atomic mass is 10.1. The van der Waals surface area contributed by atoms with E-state index in [1.165, 1.54) is 0 Å². The fraction of sp³-hybridized carbons (Fsp3) is 0.250. The monoisotopic (exact) mass is 492 g/mol. The Hall–Kier alpha value is -2.47. The molecule has 0 saturated heterocycles. The molecule has 4 aromatic rings. The lowest BCUT2D eigenvalue weighted by Crippen LogP contribution is -2.29. The van der Waals surface area contributed by atoms with E-state index in [2.05, 4.69) is 4.98 Å². The number of aromatic nitrogens is 2. The van der Waals surface area contributed by atoms with Crippen LogP contribution in [-0.2, 0) is 5.88 Å². The van der Waals surface area contributed by atoms with Crippen LogP contribution in [0.5, 0.6) is 0 Å². The van der Waals surface area contributed by atoms with Crippen molar-refractivity contribution in [1.82, 2.24) is 4.98 Å². The van der Waals surface area contributed by atoms with Gasteiger partial charge in [0.25, 0.3) is 0 Å². The van der Waals surface area contributed by atoms with Crippen molar-refractivity contribution in [3.8, 4) is 22.9 Å². The maximum atomic E-state index is 11.9. The molecular weight excluding hydrogens is 471 g/mol. The molecule has 5 nitrogen and oxygen atoms in total. The van der Waals surface area contributed by atoms with E-state index in [0.29, 0.717) is 38.8 Å². The molecule has 2 aromatic heterocycles. The summed E-state index contributed by atoms with van der Waals surface area (Å²) >= 11 is 18.0. The van der Waals surface area contributed by atoms with Gasteiger partial charge in [0.2, 0.25) is 11.6 Å². The van der Waals surface area contributed by atoms with Gasteiger partial charge in [0.15, 0.2) is 5.76 Å². The summed E-state index contributed by atoms with van der Waals surface area (Å²) in [4.78, 5) is 4.34. The van der Waals surface area contributed by atoms with Gasteiger partial charge in [-0.1, -0.05) is 47.5 Å². The largest absolute Gasteiger partial charge is 0.616 e. The summed E-state index contributed by atoms with van der Waals surface area (Å²) in [5.74, 6) is 2.50. The molecular formula is C24H23Cl3N2O3. The van der Waals surface area contributed by atoms with Crippen LogP contribution in [0.4, 0.5) is 0 Å². The van der Waals surface area contributed by atoms with E-state index in [-0.39, 0.29) is 5.89 Å². The molecule has 0 saturated carbocycles. The topological polar surface area (TPSA) is 66.1 Å². The number of oxazole rings is 2. The molecule has 0 atom stereocenters. The minimum absolute atomic E-state index is 0.262. The third kappa shape index (κ3) is 4.80. The molecule has 8 heteroatoms. The average molecular weight is 494 g/mol. The van der Waals surface area contributed by atoms with Crippen molar-refractivity contribution in [1.29, 1.82) is 0 Å². The molecule has 0 fully saturated rings. The Morgan fingerprint density at radius 2 is 1.41 bits per heavy atom. The van der Waals surface area contributed by atoms with Gasteiger partial charge in [0.05, 0.1) is 27.2 Å². The molecule has 0 aliphatic heterocycles. The van der Waals surface area contributed by atoms with Crippen molar-refractivity contribution in [3.63, 3.8) is 0 Å². The van der Waals surface area contributed by atoms with Crippen molar-refractivity contribution >= 4 is 34.8 Å². The maximum Gasteiger partial charge on any atom is 0.394 e. The zero-order chi connectivity index (χ0) is 23.6. The van der Waals surface area contributed by atoms with Crippen molar-refractivity contribution in [3.05, 3.63) is 85.7 Å². The molecule has 0 spiro atoms. The summed E-state index contributed by atoms with van der Waals surface area (Å²) in [5, 5.41) is 13.0. The van der Waals surface area contributed by atoms with Crippen molar-refractivity contribution in [2.24, 2.45) is 0 Å². The molecule has 0 N–H and O–H groups in total. The summed E-state index contributed by atoms with van der Waals surface area (Å²) in [6.07, 6.45) is 0.